The van der Waals surface area contributed by atoms with E-state index in [0.29, 0.717) is 3.36 Å². The van der Waals surface area contributed by atoms with E-state index in [-0.39, 0.29) is 12.1 Å². The van der Waals surface area contributed by atoms with Gasteiger partial charge in [0.1, 0.15) is 0 Å². The first kappa shape index (κ1) is 17.4. The highest BCUT2D eigenvalue weighted by molar-refractivity contribution is 9.25. The van der Waals surface area contributed by atoms with Crippen LogP contribution < -0.4 is 0 Å². The summed E-state index contributed by atoms with van der Waals surface area (Å²) >= 11 is 6.96. The van der Waals surface area contributed by atoms with Crippen LogP contribution in [0.15, 0.2) is 12.7 Å². The monoisotopic (exact) mass is 382 g/mol. The van der Waals surface area contributed by atoms with Gasteiger partial charge in [0.05, 0.1) is 19.0 Å². The summed E-state index contributed by atoms with van der Waals surface area (Å²) in [5, 5.41) is 0. The average Bonchev–Trinajstić information content (AvgIpc) is 2.27. The molecule has 1 atom stereocenters. The number of esters is 1. The zero-order valence-corrected chi connectivity index (χ0v) is 14.4. The van der Waals surface area contributed by atoms with Gasteiger partial charge in [0, 0.05) is 6.08 Å². The van der Waals surface area contributed by atoms with Gasteiger partial charge in [-0.3, -0.25) is 0 Å². The van der Waals surface area contributed by atoms with Crippen LogP contribution in [0.4, 0.5) is 0 Å². The molecule has 0 bridgehead atoms. The SMILES string of the molecule is C=CC(=O)OC(C)CCCCCC[Si]C(Br)Br. The smallest absolute Gasteiger partial charge is 0.330 e. The number of ether oxygens (including phenoxy) is 1. The molecule has 5 heteroatoms. The van der Waals surface area contributed by atoms with Crippen molar-refractivity contribution in [2.75, 3.05) is 0 Å². The third-order valence-corrected chi connectivity index (χ3v) is 5.21. The van der Waals surface area contributed by atoms with Gasteiger partial charge in [-0.05, 0) is 19.8 Å². The zero-order valence-electron chi connectivity index (χ0n) is 10.3. The molecular formula is C12H20Br2O2Si. The molecule has 0 aromatic rings. The standard InChI is InChI=1S/C12H20Br2O2Si/c1-3-11(15)16-10(2)8-6-4-5-7-9-17-12(13)14/h3,10,12H,1,4-9H2,2H3. The molecule has 2 nitrogen and oxygen atoms in total. The summed E-state index contributed by atoms with van der Waals surface area (Å²) in [6.45, 7) is 5.31. The molecule has 0 saturated carbocycles. The maximum absolute atomic E-state index is 10.9. The molecule has 98 valence electrons. The van der Waals surface area contributed by atoms with Crippen molar-refractivity contribution in [2.24, 2.45) is 0 Å². The second-order valence-corrected chi connectivity index (χ2v) is 10.1. The quantitative estimate of drug-likeness (QED) is 0.185. The maximum Gasteiger partial charge on any atom is 0.330 e. The van der Waals surface area contributed by atoms with Crippen LogP contribution in [-0.2, 0) is 9.53 Å². The van der Waals surface area contributed by atoms with Crippen molar-refractivity contribution in [3.63, 3.8) is 0 Å². The number of rotatable bonds is 10. The molecule has 0 aromatic carbocycles. The fourth-order valence-electron chi connectivity index (χ4n) is 1.43. The van der Waals surface area contributed by atoms with Gasteiger partial charge in [-0.1, -0.05) is 63.7 Å². The van der Waals surface area contributed by atoms with Gasteiger partial charge in [-0.2, -0.15) is 0 Å². The molecule has 0 aromatic heterocycles. The van der Waals surface area contributed by atoms with Crippen molar-refractivity contribution in [1.29, 1.82) is 0 Å². The lowest BCUT2D eigenvalue weighted by Crippen LogP contribution is -2.12. The van der Waals surface area contributed by atoms with Crippen LogP contribution in [0.3, 0.4) is 0 Å². The number of carbonyl (C=O) groups is 1. The van der Waals surface area contributed by atoms with Gasteiger partial charge in [-0.25, -0.2) is 4.79 Å². The number of carbonyl (C=O) groups excluding carboxylic acids is 1. The first-order chi connectivity index (χ1) is 8.06. The normalized spacial score (nSPS) is 12.5. The van der Waals surface area contributed by atoms with Crippen molar-refractivity contribution in [3.05, 3.63) is 12.7 Å². The van der Waals surface area contributed by atoms with E-state index in [2.05, 4.69) is 38.4 Å². The van der Waals surface area contributed by atoms with E-state index >= 15 is 0 Å². The molecule has 0 amide bonds. The molecule has 0 spiro atoms. The molecule has 0 aliphatic heterocycles. The molecule has 0 aliphatic carbocycles. The van der Waals surface area contributed by atoms with Crippen molar-refractivity contribution in [3.8, 4) is 0 Å². The third-order valence-electron chi connectivity index (χ3n) is 2.32. The van der Waals surface area contributed by atoms with Gasteiger partial charge in [-0.15, -0.1) is 0 Å². The Kier molecular flexibility index (Phi) is 11.7. The molecule has 0 rings (SSSR count). The maximum atomic E-state index is 10.9. The van der Waals surface area contributed by atoms with Crippen LogP contribution >= 0.6 is 31.9 Å². The third kappa shape index (κ3) is 12.6. The van der Waals surface area contributed by atoms with E-state index in [9.17, 15) is 4.79 Å². The van der Waals surface area contributed by atoms with E-state index in [0.717, 1.165) is 22.4 Å². The summed E-state index contributed by atoms with van der Waals surface area (Å²) in [6, 6.07) is 1.28. The summed E-state index contributed by atoms with van der Waals surface area (Å²) in [7, 11) is 0.945. The van der Waals surface area contributed by atoms with E-state index in [1.54, 1.807) is 0 Å². The summed E-state index contributed by atoms with van der Waals surface area (Å²) in [5.74, 6) is -0.320. The molecular weight excluding hydrogens is 364 g/mol. The van der Waals surface area contributed by atoms with Gasteiger partial charge in [0.15, 0.2) is 0 Å². The first-order valence-electron chi connectivity index (χ1n) is 5.91. The Morgan fingerprint density at radius 1 is 1.35 bits per heavy atom. The van der Waals surface area contributed by atoms with Gasteiger partial charge in [0.25, 0.3) is 0 Å². The number of halogens is 2. The minimum absolute atomic E-state index is 0.0110. The van der Waals surface area contributed by atoms with Crippen LogP contribution in [0.1, 0.15) is 39.0 Å². The minimum Gasteiger partial charge on any atom is -0.460 e. The molecule has 17 heavy (non-hydrogen) atoms. The zero-order chi connectivity index (χ0) is 13.1. The molecule has 1 unspecified atom stereocenters. The van der Waals surface area contributed by atoms with Crippen LogP contribution in [0, 0.1) is 0 Å². The Balaban J connectivity index is 3.27. The predicted octanol–water partition coefficient (Wildman–Crippen LogP) is 4.25. The van der Waals surface area contributed by atoms with E-state index < -0.39 is 0 Å². The number of hydrogen-bond donors (Lipinski definition) is 0. The van der Waals surface area contributed by atoms with Gasteiger partial charge < -0.3 is 4.74 Å². The van der Waals surface area contributed by atoms with Crippen LogP contribution in [0.5, 0.6) is 0 Å². The summed E-state index contributed by atoms with van der Waals surface area (Å²) < 4.78 is 5.57. The first-order valence-corrected chi connectivity index (χ1v) is 9.02. The van der Waals surface area contributed by atoms with Crippen molar-refractivity contribution < 1.29 is 9.53 Å². The molecule has 0 saturated heterocycles. The Morgan fingerprint density at radius 3 is 2.59 bits per heavy atom. The highest BCUT2D eigenvalue weighted by Crippen LogP contribution is 2.12. The second-order valence-electron chi connectivity index (χ2n) is 3.91. The Labute approximate surface area is 124 Å². The summed E-state index contributed by atoms with van der Waals surface area (Å²) in [6.07, 6.45) is 7.07. The fraction of sp³-hybridized carbons (Fsp3) is 0.750. The highest BCUT2D eigenvalue weighted by Gasteiger charge is 2.05. The molecule has 0 N–H and O–H groups in total. The largest absolute Gasteiger partial charge is 0.460 e. The fourth-order valence-corrected chi connectivity index (χ4v) is 3.47. The highest BCUT2D eigenvalue weighted by atomic mass is 79.9. The second kappa shape index (κ2) is 11.5. The predicted molar refractivity (Wildman–Crippen MR) is 81.0 cm³/mol. The Morgan fingerprint density at radius 2 is 2.00 bits per heavy atom. The van der Waals surface area contributed by atoms with Crippen molar-refractivity contribution in [2.45, 2.75) is 54.5 Å². The topological polar surface area (TPSA) is 26.3 Å². The molecule has 0 fully saturated rings. The average molecular weight is 384 g/mol. The van der Waals surface area contributed by atoms with Crippen LogP contribution in [0.2, 0.25) is 6.04 Å². The number of unbranched alkanes of at least 4 members (excludes halogenated alkanes) is 3. The van der Waals surface area contributed by atoms with E-state index in [1.807, 2.05) is 6.92 Å². The Hall–Kier alpha value is 0.387. The van der Waals surface area contributed by atoms with Crippen molar-refractivity contribution >= 4 is 47.3 Å². The lowest BCUT2D eigenvalue weighted by Gasteiger charge is -2.11. The lowest BCUT2D eigenvalue weighted by atomic mass is 10.1. The Bertz CT molecular complexity index is 223. The van der Waals surface area contributed by atoms with E-state index in [1.165, 1.54) is 31.4 Å². The number of hydrogen-bond acceptors (Lipinski definition) is 2. The van der Waals surface area contributed by atoms with Gasteiger partial charge in [0.2, 0.25) is 0 Å². The lowest BCUT2D eigenvalue weighted by molar-refractivity contribution is -0.142. The minimum atomic E-state index is -0.320. The van der Waals surface area contributed by atoms with Crippen LogP contribution in [0.25, 0.3) is 0 Å². The summed E-state index contributed by atoms with van der Waals surface area (Å²) in [5.41, 5.74) is 0. The van der Waals surface area contributed by atoms with Crippen LogP contribution in [-0.4, -0.2) is 25.0 Å². The summed E-state index contributed by atoms with van der Waals surface area (Å²) in [4.78, 5) is 10.9. The van der Waals surface area contributed by atoms with E-state index in [4.69, 9.17) is 4.74 Å². The molecule has 0 heterocycles. The molecule has 2 radical (unpaired) electrons. The van der Waals surface area contributed by atoms with Crippen molar-refractivity contribution in [1.82, 2.24) is 0 Å². The number of alkyl halides is 2. The molecule has 0 aliphatic rings. The van der Waals surface area contributed by atoms with Gasteiger partial charge >= 0.3 is 5.97 Å².